The van der Waals surface area contributed by atoms with E-state index in [1.165, 1.54) is 22.7 Å². The van der Waals surface area contributed by atoms with E-state index < -0.39 is 0 Å². The highest BCUT2D eigenvalue weighted by atomic mass is 32.1. The third-order valence-electron chi connectivity index (χ3n) is 3.53. The summed E-state index contributed by atoms with van der Waals surface area (Å²) in [6, 6.07) is 8.43. The number of nitrogens with one attached hydrogen (secondary N) is 1. The van der Waals surface area contributed by atoms with E-state index in [4.69, 9.17) is 4.98 Å². The molecule has 0 atom stereocenters. The standard InChI is InChI=1S/C16H24N4S/c1-4-17-10-11-20(5-2)16-18-15(19-21-16)12-14-9-7-6-8-13(14)3/h6-9,17H,4-5,10-12H2,1-3H3. The van der Waals surface area contributed by atoms with Crippen LogP contribution >= 0.6 is 11.5 Å². The van der Waals surface area contributed by atoms with Crippen molar-refractivity contribution in [3.05, 3.63) is 41.2 Å². The molecule has 0 aliphatic rings. The molecule has 0 amide bonds. The fourth-order valence-electron chi connectivity index (χ4n) is 2.20. The number of anilines is 1. The monoisotopic (exact) mass is 304 g/mol. The van der Waals surface area contributed by atoms with E-state index in [1.807, 2.05) is 0 Å². The molecule has 1 N–H and O–H groups in total. The number of aromatic nitrogens is 2. The number of aryl methyl sites for hydroxylation is 1. The minimum Gasteiger partial charge on any atom is -0.346 e. The van der Waals surface area contributed by atoms with Crippen LogP contribution in [-0.4, -0.2) is 35.5 Å². The van der Waals surface area contributed by atoms with Gasteiger partial charge in [0.2, 0.25) is 5.13 Å². The lowest BCUT2D eigenvalue weighted by molar-refractivity contribution is 0.686. The van der Waals surface area contributed by atoms with E-state index in [0.717, 1.165) is 43.6 Å². The summed E-state index contributed by atoms with van der Waals surface area (Å²) in [5.41, 5.74) is 2.60. The fraction of sp³-hybridized carbons (Fsp3) is 0.500. The first-order valence-electron chi connectivity index (χ1n) is 7.57. The third-order valence-corrected chi connectivity index (χ3v) is 4.34. The normalized spacial score (nSPS) is 10.8. The molecule has 21 heavy (non-hydrogen) atoms. The van der Waals surface area contributed by atoms with Crippen LogP contribution in [0.5, 0.6) is 0 Å². The minimum absolute atomic E-state index is 0.813. The smallest absolute Gasteiger partial charge is 0.205 e. The van der Waals surface area contributed by atoms with Crippen LogP contribution in [-0.2, 0) is 6.42 Å². The van der Waals surface area contributed by atoms with E-state index in [2.05, 4.69) is 59.6 Å². The molecular formula is C16H24N4S. The predicted molar refractivity (Wildman–Crippen MR) is 90.3 cm³/mol. The van der Waals surface area contributed by atoms with Crippen LogP contribution in [0.4, 0.5) is 5.13 Å². The van der Waals surface area contributed by atoms with Crippen LogP contribution in [0.1, 0.15) is 30.8 Å². The topological polar surface area (TPSA) is 41.0 Å². The first-order chi connectivity index (χ1) is 10.2. The van der Waals surface area contributed by atoms with Crippen molar-refractivity contribution in [2.24, 2.45) is 0 Å². The maximum absolute atomic E-state index is 4.70. The zero-order valence-electron chi connectivity index (χ0n) is 13.1. The largest absolute Gasteiger partial charge is 0.346 e. The SMILES string of the molecule is CCNCCN(CC)c1nc(Cc2ccccc2C)ns1. The van der Waals surface area contributed by atoms with Gasteiger partial charge >= 0.3 is 0 Å². The van der Waals surface area contributed by atoms with Gasteiger partial charge in [-0.2, -0.15) is 4.37 Å². The number of nitrogens with zero attached hydrogens (tertiary/aromatic N) is 3. The number of hydrogen-bond donors (Lipinski definition) is 1. The third kappa shape index (κ3) is 4.51. The van der Waals surface area contributed by atoms with Gasteiger partial charge in [0, 0.05) is 37.6 Å². The van der Waals surface area contributed by atoms with Gasteiger partial charge in [-0.1, -0.05) is 31.2 Å². The zero-order chi connectivity index (χ0) is 15.1. The van der Waals surface area contributed by atoms with E-state index in [9.17, 15) is 0 Å². The van der Waals surface area contributed by atoms with E-state index >= 15 is 0 Å². The van der Waals surface area contributed by atoms with Gasteiger partial charge in [-0.25, -0.2) is 4.98 Å². The van der Waals surface area contributed by atoms with Crippen molar-refractivity contribution in [1.82, 2.24) is 14.7 Å². The average molecular weight is 304 g/mol. The Morgan fingerprint density at radius 1 is 1.24 bits per heavy atom. The lowest BCUT2D eigenvalue weighted by Crippen LogP contribution is -2.31. The highest BCUT2D eigenvalue weighted by Crippen LogP contribution is 2.19. The van der Waals surface area contributed by atoms with Gasteiger partial charge in [-0.15, -0.1) is 0 Å². The van der Waals surface area contributed by atoms with Crippen molar-refractivity contribution in [3.8, 4) is 0 Å². The fourth-order valence-corrected chi connectivity index (χ4v) is 2.98. The molecule has 1 aromatic heterocycles. The van der Waals surface area contributed by atoms with E-state index in [-0.39, 0.29) is 0 Å². The van der Waals surface area contributed by atoms with Crippen molar-refractivity contribution < 1.29 is 0 Å². The van der Waals surface area contributed by atoms with Crippen LogP contribution in [0.15, 0.2) is 24.3 Å². The number of benzene rings is 1. The summed E-state index contributed by atoms with van der Waals surface area (Å²) in [6.07, 6.45) is 0.813. The predicted octanol–water partition coefficient (Wildman–Crippen LogP) is 2.87. The first kappa shape index (κ1) is 15.9. The summed E-state index contributed by atoms with van der Waals surface area (Å²) >= 11 is 1.50. The van der Waals surface area contributed by atoms with E-state index in [0.29, 0.717) is 0 Å². The molecule has 0 saturated carbocycles. The molecule has 0 bridgehead atoms. The summed E-state index contributed by atoms with van der Waals surface area (Å²) in [7, 11) is 0. The van der Waals surface area contributed by atoms with Gasteiger partial charge in [0.05, 0.1) is 0 Å². The molecule has 0 aliphatic heterocycles. The molecule has 4 nitrogen and oxygen atoms in total. The Morgan fingerprint density at radius 3 is 2.76 bits per heavy atom. The first-order valence-corrected chi connectivity index (χ1v) is 8.34. The van der Waals surface area contributed by atoms with Crippen LogP contribution in [0, 0.1) is 6.92 Å². The van der Waals surface area contributed by atoms with Crippen molar-refractivity contribution in [1.29, 1.82) is 0 Å². The maximum atomic E-state index is 4.70. The highest BCUT2D eigenvalue weighted by molar-refractivity contribution is 7.09. The van der Waals surface area contributed by atoms with Crippen LogP contribution < -0.4 is 10.2 Å². The van der Waals surface area contributed by atoms with Gasteiger partial charge < -0.3 is 10.2 Å². The number of rotatable bonds is 8. The second-order valence-corrected chi connectivity index (χ2v) is 5.76. The van der Waals surface area contributed by atoms with Crippen molar-refractivity contribution in [3.63, 3.8) is 0 Å². The molecule has 0 aliphatic carbocycles. The molecule has 2 rings (SSSR count). The Labute approximate surface area is 131 Å². The summed E-state index contributed by atoms with van der Waals surface area (Å²) in [5, 5.41) is 4.38. The van der Waals surface area contributed by atoms with E-state index in [1.54, 1.807) is 0 Å². The summed E-state index contributed by atoms with van der Waals surface area (Å²) in [5.74, 6) is 0.922. The summed E-state index contributed by atoms with van der Waals surface area (Å²) < 4.78 is 4.52. The molecule has 0 radical (unpaired) electrons. The Hall–Kier alpha value is -1.46. The maximum Gasteiger partial charge on any atom is 0.205 e. The van der Waals surface area contributed by atoms with Crippen LogP contribution in [0.3, 0.4) is 0 Å². The van der Waals surface area contributed by atoms with Crippen LogP contribution in [0.25, 0.3) is 0 Å². The Bertz CT molecular complexity index is 553. The van der Waals surface area contributed by atoms with Gasteiger partial charge in [0.25, 0.3) is 0 Å². The van der Waals surface area contributed by atoms with Gasteiger partial charge in [-0.05, 0) is 31.5 Å². The lowest BCUT2D eigenvalue weighted by atomic mass is 10.1. The second-order valence-electron chi connectivity index (χ2n) is 5.03. The highest BCUT2D eigenvalue weighted by Gasteiger charge is 2.11. The van der Waals surface area contributed by atoms with Crippen molar-refractivity contribution in [2.75, 3.05) is 31.1 Å². The zero-order valence-corrected chi connectivity index (χ0v) is 13.9. The molecule has 1 aromatic carbocycles. The molecule has 114 valence electrons. The number of hydrogen-bond acceptors (Lipinski definition) is 5. The molecule has 0 spiro atoms. The van der Waals surface area contributed by atoms with Crippen molar-refractivity contribution in [2.45, 2.75) is 27.2 Å². The average Bonchev–Trinajstić information content (AvgIpc) is 2.94. The summed E-state index contributed by atoms with van der Waals surface area (Å²) in [4.78, 5) is 6.98. The van der Waals surface area contributed by atoms with Crippen LogP contribution in [0.2, 0.25) is 0 Å². The molecule has 0 fully saturated rings. The minimum atomic E-state index is 0.813. The second kappa shape index (κ2) is 8.10. The van der Waals surface area contributed by atoms with Gasteiger partial charge in [-0.3, -0.25) is 0 Å². The van der Waals surface area contributed by atoms with Gasteiger partial charge in [0.15, 0.2) is 0 Å². The molecular weight excluding hydrogens is 280 g/mol. The van der Waals surface area contributed by atoms with Crippen molar-refractivity contribution >= 4 is 16.7 Å². The Balaban J connectivity index is 2.01. The Morgan fingerprint density at radius 2 is 2.05 bits per heavy atom. The molecule has 0 saturated heterocycles. The number of likely N-dealkylation sites (N-methyl/N-ethyl adjacent to an activating group) is 2. The lowest BCUT2D eigenvalue weighted by Gasteiger charge is -2.19. The van der Waals surface area contributed by atoms with Gasteiger partial charge in [0.1, 0.15) is 5.82 Å². The molecule has 0 unspecified atom stereocenters. The quantitative estimate of drug-likeness (QED) is 0.761. The molecule has 1 heterocycles. The molecule has 2 aromatic rings. The Kier molecular flexibility index (Phi) is 6.14. The molecule has 5 heteroatoms. The summed E-state index contributed by atoms with van der Waals surface area (Å²) in [6.45, 7) is 10.4.